The summed E-state index contributed by atoms with van der Waals surface area (Å²) in [4.78, 5) is 38.2. The zero-order valence-corrected chi connectivity index (χ0v) is 13.6. The van der Waals surface area contributed by atoms with Crippen molar-refractivity contribution in [3.8, 4) is 0 Å². The molecule has 5 nitrogen and oxygen atoms in total. The van der Waals surface area contributed by atoms with Crippen LogP contribution in [0.5, 0.6) is 0 Å². The van der Waals surface area contributed by atoms with Crippen molar-refractivity contribution in [1.82, 2.24) is 4.90 Å². The Labute approximate surface area is 136 Å². The Morgan fingerprint density at radius 3 is 2.35 bits per heavy atom. The number of nitrogens with one attached hydrogen (secondary N) is 1. The van der Waals surface area contributed by atoms with Gasteiger partial charge in [-0.3, -0.25) is 19.3 Å². The van der Waals surface area contributed by atoms with Crippen LogP contribution in [0.15, 0.2) is 18.2 Å². The minimum atomic E-state index is -0.320. The van der Waals surface area contributed by atoms with E-state index in [1.165, 1.54) is 0 Å². The molecule has 1 heterocycles. The van der Waals surface area contributed by atoms with Crippen LogP contribution >= 0.6 is 0 Å². The lowest BCUT2D eigenvalue weighted by Crippen LogP contribution is -2.38. The van der Waals surface area contributed by atoms with E-state index in [0.29, 0.717) is 0 Å². The Hall–Kier alpha value is -2.17. The first-order valence-electron chi connectivity index (χ1n) is 8.19. The number of fused-ring (bicyclic) bond motifs is 1. The van der Waals surface area contributed by atoms with Gasteiger partial charge in [0, 0.05) is 5.69 Å². The number of imide groups is 1. The number of benzene rings is 1. The number of aryl methyl sites for hydroxylation is 2. The van der Waals surface area contributed by atoms with E-state index in [1.807, 2.05) is 32.0 Å². The third-order valence-electron chi connectivity index (χ3n) is 4.90. The van der Waals surface area contributed by atoms with Crippen LogP contribution in [0, 0.1) is 25.7 Å². The van der Waals surface area contributed by atoms with Gasteiger partial charge in [-0.25, -0.2) is 0 Å². The predicted molar refractivity (Wildman–Crippen MR) is 86.7 cm³/mol. The number of nitrogens with zero attached hydrogens (tertiary/aromatic N) is 1. The van der Waals surface area contributed by atoms with Gasteiger partial charge in [-0.1, -0.05) is 25.0 Å². The fourth-order valence-corrected chi connectivity index (χ4v) is 3.59. The lowest BCUT2D eigenvalue weighted by atomic mass is 9.81. The van der Waals surface area contributed by atoms with Gasteiger partial charge >= 0.3 is 0 Å². The molecule has 122 valence electrons. The average Bonchev–Trinajstić information content (AvgIpc) is 2.76. The standard InChI is InChI=1S/C18H22N2O3/c1-11-7-8-12(2)15(9-11)19-16(21)10-20-17(22)13-5-3-4-6-14(13)18(20)23/h7-9,13-14H,3-6,10H2,1-2H3,(H,19,21)/t13-,14+. The van der Waals surface area contributed by atoms with Gasteiger partial charge in [0.05, 0.1) is 11.8 Å². The van der Waals surface area contributed by atoms with Crippen molar-refractivity contribution < 1.29 is 14.4 Å². The SMILES string of the molecule is Cc1ccc(C)c(NC(=O)CN2C(=O)[C@H]3CCCC[C@H]3C2=O)c1. The summed E-state index contributed by atoms with van der Waals surface area (Å²) >= 11 is 0. The molecule has 3 amide bonds. The third kappa shape index (κ3) is 3.00. The summed E-state index contributed by atoms with van der Waals surface area (Å²) < 4.78 is 0. The minimum Gasteiger partial charge on any atom is -0.324 e. The molecular weight excluding hydrogens is 292 g/mol. The highest BCUT2D eigenvalue weighted by molar-refractivity contribution is 6.08. The van der Waals surface area contributed by atoms with Crippen LogP contribution in [0.2, 0.25) is 0 Å². The van der Waals surface area contributed by atoms with Gasteiger partial charge < -0.3 is 5.32 Å². The van der Waals surface area contributed by atoms with Crippen LogP contribution in [-0.4, -0.2) is 29.2 Å². The molecule has 1 N–H and O–H groups in total. The van der Waals surface area contributed by atoms with Crippen LogP contribution in [0.25, 0.3) is 0 Å². The number of rotatable bonds is 3. The predicted octanol–water partition coefficient (Wildman–Crippen LogP) is 2.42. The maximum atomic E-state index is 12.4. The lowest BCUT2D eigenvalue weighted by Gasteiger charge is -2.19. The van der Waals surface area contributed by atoms with Gasteiger partial charge in [0.25, 0.3) is 0 Å². The summed E-state index contributed by atoms with van der Waals surface area (Å²) in [5, 5.41) is 2.82. The lowest BCUT2D eigenvalue weighted by molar-refractivity contribution is -0.142. The Morgan fingerprint density at radius 1 is 1.13 bits per heavy atom. The Balaban J connectivity index is 1.69. The fourth-order valence-electron chi connectivity index (χ4n) is 3.59. The van der Waals surface area contributed by atoms with Crippen molar-refractivity contribution in [2.45, 2.75) is 39.5 Å². The van der Waals surface area contributed by atoms with E-state index in [4.69, 9.17) is 0 Å². The van der Waals surface area contributed by atoms with Crippen molar-refractivity contribution in [1.29, 1.82) is 0 Å². The molecule has 0 radical (unpaired) electrons. The summed E-state index contributed by atoms with van der Waals surface area (Å²) in [5.41, 5.74) is 2.73. The highest BCUT2D eigenvalue weighted by Gasteiger charge is 2.48. The summed E-state index contributed by atoms with van der Waals surface area (Å²) in [7, 11) is 0. The monoisotopic (exact) mass is 314 g/mol. The largest absolute Gasteiger partial charge is 0.324 e. The molecule has 5 heteroatoms. The third-order valence-corrected chi connectivity index (χ3v) is 4.90. The van der Waals surface area contributed by atoms with Crippen molar-refractivity contribution >= 4 is 23.4 Å². The topological polar surface area (TPSA) is 66.5 Å². The second kappa shape index (κ2) is 6.14. The molecule has 1 aromatic rings. The first-order chi connectivity index (χ1) is 11.0. The highest BCUT2D eigenvalue weighted by Crippen LogP contribution is 2.37. The molecule has 0 aromatic heterocycles. The summed E-state index contributed by atoms with van der Waals surface area (Å²) in [5.74, 6) is -1.07. The fraction of sp³-hybridized carbons (Fsp3) is 0.500. The molecule has 1 aliphatic carbocycles. The number of hydrogen-bond donors (Lipinski definition) is 1. The van der Waals surface area contributed by atoms with Crippen molar-refractivity contribution in [2.75, 3.05) is 11.9 Å². The molecule has 3 rings (SSSR count). The number of amides is 3. The second-order valence-electron chi connectivity index (χ2n) is 6.63. The number of carbonyl (C=O) groups excluding carboxylic acids is 3. The smallest absolute Gasteiger partial charge is 0.244 e. The molecule has 2 fully saturated rings. The molecule has 0 spiro atoms. The molecule has 0 bridgehead atoms. The van der Waals surface area contributed by atoms with Gasteiger partial charge in [0.1, 0.15) is 6.54 Å². The van der Waals surface area contributed by atoms with E-state index in [9.17, 15) is 14.4 Å². The maximum Gasteiger partial charge on any atom is 0.244 e. The molecule has 2 atom stereocenters. The summed E-state index contributed by atoms with van der Waals surface area (Å²) in [6.07, 6.45) is 3.51. The summed E-state index contributed by atoms with van der Waals surface area (Å²) in [6.45, 7) is 3.68. The average molecular weight is 314 g/mol. The molecule has 1 saturated carbocycles. The molecule has 23 heavy (non-hydrogen) atoms. The van der Waals surface area contributed by atoms with E-state index in [0.717, 1.165) is 47.4 Å². The highest BCUT2D eigenvalue weighted by atomic mass is 16.2. The Morgan fingerprint density at radius 2 is 1.74 bits per heavy atom. The van der Waals surface area contributed by atoms with Crippen molar-refractivity contribution in [3.63, 3.8) is 0 Å². The molecule has 1 aromatic carbocycles. The molecule has 2 aliphatic rings. The van der Waals surface area contributed by atoms with Crippen molar-refractivity contribution in [2.24, 2.45) is 11.8 Å². The van der Waals surface area contributed by atoms with E-state index >= 15 is 0 Å². The quantitative estimate of drug-likeness (QED) is 0.871. The number of anilines is 1. The molecule has 0 unspecified atom stereocenters. The molecule has 1 saturated heterocycles. The van der Waals surface area contributed by atoms with Crippen LogP contribution in [-0.2, 0) is 14.4 Å². The number of carbonyl (C=O) groups is 3. The van der Waals surface area contributed by atoms with E-state index < -0.39 is 0 Å². The van der Waals surface area contributed by atoms with Crippen molar-refractivity contribution in [3.05, 3.63) is 29.3 Å². The van der Waals surface area contributed by atoms with E-state index in [2.05, 4.69) is 5.32 Å². The van der Waals surface area contributed by atoms with Crippen LogP contribution in [0.1, 0.15) is 36.8 Å². The number of likely N-dealkylation sites (tertiary alicyclic amines) is 1. The van der Waals surface area contributed by atoms with Gasteiger partial charge in [0.2, 0.25) is 17.7 Å². The maximum absolute atomic E-state index is 12.4. The first kappa shape index (κ1) is 15.7. The van der Waals surface area contributed by atoms with E-state index in [-0.39, 0.29) is 36.1 Å². The zero-order chi connectivity index (χ0) is 16.6. The zero-order valence-electron chi connectivity index (χ0n) is 13.6. The first-order valence-corrected chi connectivity index (χ1v) is 8.19. The molecule has 1 aliphatic heterocycles. The van der Waals surface area contributed by atoms with Gasteiger partial charge in [-0.2, -0.15) is 0 Å². The second-order valence-corrected chi connectivity index (χ2v) is 6.63. The van der Waals surface area contributed by atoms with Crippen LogP contribution in [0.3, 0.4) is 0 Å². The van der Waals surface area contributed by atoms with Gasteiger partial charge in [-0.05, 0) is 43.9 Å². The van der Waals surface area contributed by atoms with Gasteiger partial charge in [-0.15, -0.1) is 0 Å². The molecular formula is C18H22N2O3. The normalized spacial score (nSPS) is 23.8. The van der Waals surface area contributed by atoms with E-state index in [1.54, 1.807) is 0 Å². The number of hydrogen-bond acceptors (Lipinski definition) is 3. The Bertz CT molecular complexity index is 644. The summed E-state index contributed by atoms with van der Waals surface area (Å²) in [6, 6.07) is 5.80. The van der Waals surface area contributed by atoms with Crippen LogP contribution < -0.4 is 5.32 Å². The van der Waals surface area contributed by atoms with Gasteiger partial charge in [0.15, 0.2) is 0 Å². The minimum absolute atomic E-state index is 0.171. The van der Waals surface area contributed by atoms with Crippen LogP contribution in [0.4, 0.5) is 5.69 Å². The Kier molecular flexibility index (Phi) is 4.20.